The average Bonchev–Trinajstić information content (AvgIpc) is 2.77. The van der Waals surface area contributed by atoms with E-state index in [1.165, 1.54) is 14.1 Å². The molecule has 0 atom stereocenters. The predicted octanol–water partition coefficient (Wildman–Crippen LogP) is 3.31. The highest BCUT2D eigenvalue weighted by Gasteiger charge is 2.22. The lowest BCUT2D eigenvalue weighted by Crippen LogP contribution is -2.39. The number of aromatic hydroxyl groups is 1. The molecule has 0 spiro atoms. The second kappa shape index (κ2) is 10.0. The van der Waals surface area contributed by atoms with E-state index in [1.807, 2.05) is 19.1 Å². The van der Waals surface area contributed by atoms with Crippen molar-refractivity contribution in [1.82, 2.24) is 9.13 Å². The molecule has 1 heterocycles. The summed E-state index contributed by atoms with van der Waals surface area (Å²) in [5, 5.41) is 13.5. The van der Waals surface area contributed by atoms with E-state index in [0.717, 1.165) is 30.9 Å². The molecule has 0 saturated carbocycles. The number of rotatable bonds is 5. The fourth-order valence-electron chi connectivity index (χ4n) is 2.78. The molecule has 0 aliphatic carbocycles. The Morgan fingerprint density at radius 3 is 2.31 bits per heavy atom. The number of nitrogens with one attached hydrogen (secondary N) is 1. The molecular weight excluding hydrogens is 496 g/mol. The first-order chi connectivity index (χ1) is 15.2. The Kier molecular flexibility index (Phi) is 7.37. The maximum atomic E-state index is 12.8. The summed E-state index contributed by atoms with van der Waals surface area (Å²) in [4.78, 5) is 41.9. The summed E-state index contributed by atoms with van der Waals surface area (Å²) in [5.41, 5.74) is 0.698. The molecule has 0 saturated heterocycles. The average molecular weight is 517 g/mol. The fraction of sp³-hybridized carbons (Fsp3) is 0.182. The lowest BCUT2D eigenvalue weighted by Gasteiger charge is -2.12. The van der Waals surface area contributed by atoms with Gasteiger partial charge in [0.05, 0.1) is 11.4 Å². The Bertz CT molecular complexity index is 1300. The first-order valence-electron chi connectivity index (χ1n) is 9.50. The van der Waals surface area contributed by atoms with E-state index in [2.05, 4.69) is 26.2 Å². The summed E-state index contributed by atoms with van der Waals surface area (Å²) in [7, 11) is 2.68. The van der Waals surface area contributed by atoms with Crippen molar-refractivity contribution < 1.29 is 9.90 Å². The summed E-state index contributed by atoms with van der Waals surface area (Å²) in [6.45, 7) is 1.93. The highest BCUT2D eigenvalue weighted by molar-refractivity contribution is 9.10. The molecule has 166 valence electrons. The van der Waals surface area contributed by atoms with Gasteiger partial charge in [-0.05, 0) is 43.3 Å². The number of thioether (sulfide) groups is 1. The topological polar surface area (TPSA) is 106 Å². The third-order valence-corrected chi connectivity index (χ3v) is 6.08. The van der Waals surface area contributed by atoms with Crippen molar-refractivity contribution in [2.24, 2.45) is 19.1 Å². The van der Waals surface area contributed by atoms with Crippen LogP contribution < -0.4 is 16.6 Å². The predicted molar refractivity (Wildman–Crippen MR) is 131 cm³/mol. The van der Waals surface area contributed by atoms with Gasteiger partial charge < -0.3 is 10.4 Å². The summed E-state index contributed by atoms with van der Waals surface area (Å²) in [5.74, 6) is -0.883. The van der Waals surface area contributed by atoms with Crippen molar-refractivity contribution in [3.63, 3.8) is 0 Å². The molecule has 2 aromatic carbocycles. The fourth-order valence-corrected chi connectivity index (χ4v) is 3.88. The van der Waals surface area contributed by atoms with E-state index in [9.17, 15) is 19.5 Å². The quantitative estimate of drug-likeness (QED) is 0.399. The SMILES string of the molecule is Cc1ccc(N=C(SCC(=O)Nc2ccc(Br)cc2)c2c(O)n(C)c(=O)n(C)c2=O)cc1. The second-order valence-corrected chi connectivity index (χ2v) is 8.88. The van der Waals surface area contributed by atoms with E-state index in [4.69, 9.17) is 0 Å². The van der Waals surface area contributed by atoms with Gasteiger partial charge in [0.15, 0.2) is 0 Å². The summed E-state index contributed by atoms with van der Waals surface area (Å²) < 4.78 is 2.74. The minimum atomic E-state index is -0.697. The molecule has 1 aromatic heterocycles. The Hall–Kier alpha value is -3.11. The number of hydrogen-bond donors (Lipinski definition) is 2. The number of halogens is 1. The number of anilines is 1. The number of nitrogens with zero attached hydrogens (tertiary/aromatic N) is 3. The molecule has 3 aromatic rings. The van der Waals surface area contributed by atoms with Gasteiger partial charge in [-0.1, -0.05) is 45.4 Å². The van der Waals surface area contributed by atoms with Crippen LogP contribution in [0.3, 0.4) is 0 Å². The van der Waals surface area contributed by atoms with Crippen LogP contribution in [-0.4, -0.2) is 30.9 Å². The van der Waals surface area contributed by atoms with Gasteiger partial charge in [0.1, 0.15) is 10.6 Å². The standard InChI is InChI=1S/C22H21BrN4O4S/c1-13-4-8-16(9-5-13)25-19(18-20(29)26(2)22(31)27(3)21(18)30)32-12-17(28)24-15-10-6-14(23)7-11-15/h4-11,29H,12H2,1-3H3,(H,24,28). The molecule has 0 unspecified atom stereocenters. The number of aliphatic imine (C=N–C) groups is 1. The van der Waals surface area contributed by atoms with Crippen molar-refractivity contribution in [3.8, 4) is 5.88 Å². The van der Waals surface area contributed by atoms with E-state index < -0.39 is 17.1 Å². The van der Waals surface area contributed by atoms with Gasteiger partial charge in [0.25, 0.3) is 5.56 Å². The molecule has 0 fully saturated rings. The molecule has 3 rings (SSSR count). The van der Waals surface area contributed by atoms with Crippen molar-refractivity contribution in [2.75, 3.05) is 11.1 Å². The molecule has 32 heavy (non-hydrogen) atoms. The van der Waals surface area contributed by atoms with Crippen LogP contribution in [-0.2, 0) is 18.9 Å². The Morgan fingerprint density at radius 2 is 1.69 bits per heavy atom. The van der Waals surface area contributed by atoms with Crippen molar-refractivity contribution in [3.05, 3.63) is 85.0 Å². The third kappa shape index (κ3) is 5.38. The van der Waals surface area contributed by atoms with Gasteiger partial charge in [-0.15, -0.1) is 0 Å². The normalized spacial score (nSPS) is 11.4. The number of hydrogen-bond acceptors (Lipinski definition) is 6. The highest BCUT2D eigenvalue weighted by Crippen LogP contribution is 2.24. The number of aromatic nitrogens is 2. The van der Waals surface area contributed by atoms with Gasteiger partial charge in [0, 0.05) is 24.3 Å². The zero-order valence-electron chi connectivity index (χ0n) is 17.6. The van der Waals surface area contributed by atoms with E-state index in [1.54, 1.807) is 36.4 Å². The first kappa shape index (κ1) is 23.6. The number of carbonyl (C=O) groups is 1. The van der Waals surface area contributed by atoms with Gasteiger partial charge >= 0.3 is 5.69 Å². The lowest BCUT2D eigenvalue weighted by molar-refractivity contribution is -0.113. The zero-order valence-corrected chi connectivity index (χ0v) is 20.0. The smallest absolute Gasteiger partial charge is 0.333 e. The lowest BCUT2D eigenvalue weighted by atomic mass is 10.2. The third-order valence-electron chi connectivity index (χ3n) is 4.58. The van der Waals surface area contributed by atoms with Gasteiger partial charge in [-0.25, -0.2) is 9.79 Å². The molecule has 0 aliphatic rings. The highest BCUT2D eigenvalue weighted by atomic mass is 79.9. The van der Waals surface area contributed by atoms with Crippen LogP contribution >= 0.6 is 27.7 Å². The maximum absolute atomic E-state index is 12.8. The van der Waals surface area contributed by atoms with E-state index in [-0.39, 0.29) is 22.3 Å². The molecule has 0 bridgehead atoms. The van der Waals surface area contributed by atoms with E-state index >= 15 is 0 Å². The first-order valence-corrected chi connectivity index (χ1v) is 11.3. The maximum Gasteiger partial charge on any atom is 0.333 e. The molecular formula is C22H21BrN4O4S. The monoisotopic (exact) mass is 516 g/mol. The van der Waals surface area contributed by atoms with Crippen LogP contribution in [0.5, 0.6) is 5.88 Å². The van der Waals surface area contributed by atoms with Crippen molar-refractivity contribution >= 4 is 50.0 Å². The molecule has 0 aliphatic heterocycles. The summed E-state index contributed by atoms with van der Waals surface area (Å²) in [6.07, 6.45) is 0. The van der Waals surface area contributed by atoms with Crippen LogP contribution in [0.25, 0.3) is 0 Å². The summed E-state index contributed by atoms with van der Waals surface area (Å²) >= 11 is 4.34. The van der Waals surface area contributed by atoms with E-state index in [0.29, 0.717) is 11.4 Å². The number of benzene rings is 2. The van der Waals surface area contributed by atoms with Crippen LogP contribution in [0.15, 0.2) is 67.6 Å². The Morgan fingerprint density at radius 1 is 1.06 bits per heavy atom. The number of amides is 1. The Labute approximate surface area is 196 Å². The molecule has 2 N–H and O–H groups in total. The molecule has 8 nitrogen and oxygen atoms in total. The van der Waals surface area contributed by atoms with Gasteiger partial charge in [-0.3, -0.25) is 18.7 Å². The summed E-state index contributed by atoms with van der Waals surface area (Å²) in [6, 6.07) is 14.4. The zero-order chi connectivity index (χ0) is 23.4. The number of carbonyl (C=O) groups excluding carboxylic acids is 1. The van der Waals surface area contributed by atoms with Crippen molar-refractivity contribution in [1.29, 1.82) is 0 Å². The van der Waals surface area contributed by atoms with Crippen LogP contribution in [0.2, 0.25) is 0 Å². The van der Waals surface area contributed by atoms with Crippen LogP contribution in [0.1, 0.15) is 11.1 Å². The molecule has 10 heteroatoms. The minimum absolute atomic E-state index is 0.0633. The largest absolute Gasteiger partial charge is 0.494 e. The van der Waals surface area contributed by atoms with Crippen LogP contribution in [0.4, 0.5) is 11.4 Å². The Balaban J connectivity index is 1.96. The van der Waals surface area contributed by atoms with Crippen molar-refractivity contribution in [2.45, 2.75) is 6.92 Å². The molecule has 0 radical (unpaired) electrons. The van der Waals surface area contributed by atoms with Gasteiger partial charge in [-0.2, -0.15) is 0 Å². The minimum Gasteiger partial charge on any atom is -0.494 e. The van der Waals surface area contributed by atoms with Crippen LogP contribution in [0, 0.1) is 6.92 Å². The molecule has 1 amide bonds. The number of aryl methyl sites for hydroxylation is 1. The van der Waals surface area contributed by atoms with Gasteiger partial charge in [0.2, 0.25) is 11.8 Å². The second-order valence-electron chi connectivity index (χ2n) is 7.00.